The van der Waals surface area contributed by atoms with E-state index in [1.807, 2.05) is 23.1 Å². The molecule has 2 fully saturated rings. The molecule has 1 aliphatic carbocycles. The molecule has 1 saturated carbocycles. The fourth-order valence-corrected chi connectivity index (χ4v) is 3.53. The number of hydrogen-bond donors (Lipinski definition) is 1. The number of carbonyl (C=O) groups excluding carboxylic acids is 1. The number of hydrogen-bond acceptors (Lipinski definition) is 1. The van der Waals surface area contributed by atoms with Gasteiger partial charge in [-0.25, -0.2) is 4.79 Å². The van der Waals surface area contributed by atoms with Gasteiger partial charge < -0.3 is 10.2 Å². The average Bonchev–Trinajstić information content (AvgIpc) is 2.82. The van der Waals surface area contributed by atoms with Gasteiger partial charge in [0.25, 0.3) is 0 Å². The van der Waals surface area contributed by atoms with Crippen LogP contribution in [0.2, 0.25) is 5.02 Å². The molecule has 1 N–H and O–H groups in total. The van der Waals surface area contributed by atoms with Gasteiger partial charge in [0.15, 0.2) is 0 Å². The molecule has 0 spiro atoms. The standard InChI is InChI=1S/C15H19ClN2O/c16-13-6-3-7-14(8-13)17-15(19)18-9-11-4-1-2-5-12(11)10-18/h3,6-8,11-12H,1-2,4-5,9-10H2,(H,17,19). The first-order valence-electron chi connectivity index (χ1n) is 7.04. The molecule has 2 amide bonds. The van der Waals surface area contributed by atoms with Crippen LogP contribution in [0.4, 0.5) is 10.5 Å². The van der Waals surface area contributed by atoms with Gasteiger partial charge in [-0.2, -0.15) is 0 Å². The van der Waals surface area contributed by atoms with Crippen LogP contribution in [0.1, 0.15) is 25.7 Å². The maximum Gasteiger partial charge on any atom is 0.321 e. The van der Waals surface area contributed by atoms with Crippen LogP contribution in [-0.2, 0) is 0 Å². The summed E-state index contributed by atoms with van der Waals surface area (Å²) in [4.78, 5) is 14.2. The van der Waals surface area contributed by atoms with Gasteiger partial charge >= 0.3 is 6.03 Å². The smallest absolute Gasteiger partial charge is 0.321 e. The lowest BCUT2D eigenvalue weighted by atomic mass is 9.82. The summed E-state index contributed by atoms with van der Waals surface area (Å²) in [5.41, 5.74) is 0.771. The molecular weight excluding hydrogens is 260 g/mol. The largest absolute Gasteiger partial charge is 0.324 e. The van der Waals surface area contributed by atoms with Crippen molar-refractivity contribution in [1.29, 1.82) is 0 Å². The van der Waals surface area contributed by atoms with E-state index in [4.69, 9.17) is 11.6 Å². The van der Waals surface area contributed by atoms with E-state index >= 15 is 0 Å². The van der Waals surface area contributed by atoms with E-state index in [2.05, 4.69) is 5.32 Å². The van der Waals surface area contributed by atoms with E-state index in [1.165, 1.54) is 25.7 Å². The van der Waals surface area contributed by atoms with Crippen molar-refractivity contribution in [2.24, 2.45) is 11.8 Å². The number of urea groups is 1. The summed E-state index contributed by atoms with van der Waals surface area (Å²) in [7, 11) is 0. The predicted molar refractivity (Wildman–Crippen MR) is 77.5 cm³/mol. The van der Waals surface area contributed by atoms with Crippen LogP contribution in [0.3, 0.4) is 0 Å². The average molecular weight is 279 g/mol. The predicted octanol–water partition coefficient (Wildman–Crippen LogP) is 3.99. The summed E-state index contributed by atoms with van der Waals surface area (Å²) in [5, 5.41) is 3.58. The minimum atomic E-state index is 0.0108. The minimum Gasteiger partial charge on any atom is -0.324 e. The second-order valence-corrected chi connectivity index (χ2v) is 6.09. The van der Waals surface area contributed by atoms with Crippen LogP contribution in [0, 0.1) is 11.8 Å². The zero-order valence-corrected chi connectivity index (χ0v) is 11.7. The topological polar surface area (TPSA) is 32.3 Å². The Morgan fingerprint density at radius 3 is 2.53 bits per heavy atom. The molecule has 1 heterocycles. The molecule has 2 aliphatic rings. The summed E-state index contributed by atoms with van der Waals surface area (Å²) in [6.45, 7) is 1.83. The van der Waals surface area contributed by atoms with Crippen LogP contribution in [-0.4, -0.2) is 24.0 Å². The van der Waals surface area contributed by atoms with Crippen molar-refractivity contribution in [3.63, 3.8) is 0 Å². The lowest BCUT2D eigenvalue weighted by Crippen LogP contribution is -2.33. The number of carbonyl (C=O) groups is 1. The Bertz CT molecular complexity index is 463. The highest BCUT2D eigenvalue weighted by Gasteiger charge is 2.36. The molecule has 102 valence electrons. The Morgan fingerprint density at radius 2 is 1.89 bits per heavy atom. The molecule has 19 heavy (non-hydrogen) atoms. The third kappa shape index (κ3) is 2.86. The SMILES string of the molecule is O=C(Nc1cccc(Cl)c1)N1CC2CCCCC2C1. The summed E-state index contributed by atoms with van der Waals surface area (Å²) >= 11 is 5.92. The third-order valence-electron chi connectivity index (χ3n) is 4.34. The molecular formula is C15H19ClN2O. The summed E-state index contributed by atoms with van der Waals surface area (Å²) < 4.78 is 0. The molecule has 1 aliphatic heterocycles. The van der Waals surface area contributed by atoms with E-state index < -0.39 is 0 Å². The van der Waals surface area contributed by atoms with Gasteiger partial charge in [-0.3, -0.25) is 0 Å². The van der Waals surface area contributed by atoms with E-state index in [0.717, 1.165) is 30.6 Å². The Labute approximate surface area is 118 Å². The fourth-order valence-electron chi connectivity index (χ4n) is 3.34. The van der Waals surface area contributed by atoms with E-state index in [1.54, 1.807) is 6.07 Å². The zero-order chi connectivity index (χ0) is 13.2. The lowest BCUT2D eigenvalue weighted by molar-refractivity contribution is 0.220. The first-order chi connectivity index (χ1) is 9.22. The highest BCUT2D eigenvalue weighted by molar-refractivity contribution is 6.30. The number of nitrogens with one attached hydrogen (secondary N) is 1. The summed E-state index contributed by atoms with van der Waals surface area (Å²) in [6.07, 6.45) is 5.22. The molecule has 3 nitrogen and oxygen atoms in total. The zero-order valence-electron chi connectivity index (χ0n) is 10.9. The molecule has 0 aromatic heterocycles. The first kappa shape index (κ1) is 12.8. The number of likely N-dealkylation sites (tertiary alicyclic amines) is 1. The van der Waals surface area contributed by atoms with Crippen LogP contribution in [0.5, 0.6) is 0 Å². The van der Waals surface area contributed by atoms with E-state index in [0.29, 0.717) is 5.02 Å². The Morgan fingerprint density at radius 1 is 1.21 bits per heavy atom. The third-order valence-corrected chi connectivity index (χ3v) is 4.57. The second kappa shape index (κ2) is 5.41. The molecule has 1 saturated heterocycles. The van der Waals surface area contributed by atoms with Gasteiger partial charge in [0, 0.05) is 23.8 Å². The number of halogens is 1. The van der Waals surface area contributed by atoms with Crippen LogP contribution in [0.15, 0.2) is 24.3 Å². The Hall–Kier alpha value is -1.22. The fraction of sp³-hybridized carbons (Fsp3) is 0.533. The molecule has 1 aromatic rings. The maximum atomic E-state index is 12.2. The van der Waals surface area contributed by atoms with Crippen molar-refractivity contribution in [3.8, 4) is 0 Å². The van der Waals surface area contributed by atoms with Crippen molar-refractivity contribution in [2.75, 3.05) is 18.4 Å². The maximum absolute atomic E-state index is 12.2. The number of nitrogens with zero attached hydrogens (tertiary/aromatic N) is 1. The van der Waals surface area contributed by atoms with Crippen molar-refractivity contribution >= 4 is 23.3 Å². The number of benzene rings is 1. The van der Waals surface area contributed by atoms with Crippen LogP contribution < -0.4 is 5.32 Å². The minimum absolute atomic E-state index is 0.0108. The highest BCUT2D eigenvalue weighted by atomic mass is 35.5. The van der Waals surface area contributed by atoms with Crippen molar-refractivity contribution in [3.05, 3.63) is 29.3 Å². The van der Waals surface area contributed by atoms with Gasteiger partial charge in [-0.05, 0) is 42.9 Å². The second-order valence-electron chi connectivity index (χ2n) is 5.65. The quantitative estimate of drug-likeness (QED) is 0.827. The molecule has 1 aromatic carbocycles. The Kier molecular flexibility index (Phi) is 3.65. The Balaban J connectivity index is 1.62. The first-order valence-corrected chi connectivity index (χ1v) is 7.41. The highest BCUT2D eigenvalue weighted by Crippen LogP contribution is 2.36. The van der Waals surface area contributed by atoms with Gasteiger partial charge in [0.1, 0.15) is 0 Å². The molecule has 4 heteroatoms. The molecule has 2 unspecified atom stereocenters. The van der Waals surface area contributed by atoms with E-state index in [9.17, 15) is 4.79 Å². The monoisotopic (exact) mass is 278 g/mol. The number of anilines is 1. The van der Waals surface area contributed by atoms with E-state index in [-0.39, 0.29) is 6.03 Å². The van der Waals surface area contributed by atoms with Gasteiger partial charge in [-0.15, -0.1) is 0 Å². The van der Waals surface area contributed by atoms with Crippen LogP contribution in [0.25, 0.3) is 0 Å². The van der Waals surface area contributed by atoms with Gasteiger partial charge in [0.05, 0.1) is 0 Å². The number of amides is 2. The van der Waals surface area contributed by atoms with Crippen molar-refractivity contribution in [2.45, 2.75) is 25.7 Å². The van der Waals surface area contributed by atoms with Crippen molar-refractivity contribution < 1.29 is 4.79 Å². The van der Waals surface area contributed by atoms with Crippen LogP contribution >= 0.6 is 11.6 Å². The molecule has 2 atom stereocenters. The number of fused-ring (bicyclic) bond motifs is 1. The molecule has 3 rings (SSSR count). The normalized spacial score (nSPS) is 26.1. The lowest BCUT2D eigenvalue weighted by Gasteiger charge is -2.22. The van der Waals surface area contributed by atoms with Gasteiger partial charge in [-0.1, -0.05) is 30.5 Å². The summed E-state index contributed by atoms with van der Waals surface area (Å²) in [6, 6.07) is 7.32. The van der Waals surface area contributed by atoms with Gasteiger partial charge in [0.2, 0.25) is 0 Å². The molecule has 0 radical (unpaired) electrons. The van der Waals surface area contributed by atoms with Crippen molar-refractivity contribution in [1.82, 2.24) is 4.90 Å². The molecule has 0 bridgehead atoms. The number of rotatable bonds is 1. The summed E-state index contributed by atoms with van der Waals surface area (Å²) in [5.74, 6) is 1.44.